The van der Waals surface area contributed by atoms with Gasteiger partial charge in [0.2, 0.25) is 0 Å². The zero-order valence-corrected chi connectivity index (χ0v) is 14.2. The zero-order valence-electron chi connectivity index (χ0n) is 13.5. The Morgan fingerprint density at radius 3 is 2.71 bits per heavy atom. The second kappa shape index (κ2) is 8.29. The Morgan fingerprint density at radius 1 is 1.17 bits per heavy atom. The summed E-state index contributed by atoms with van der Waals surface area (Å²) in [4.78, 5) is 14.5. The van der Waals surface area contributed by atoms with Crippen molar-refractivity contribution in [3.8, 4) is 0 Å². The van der Waals surface area contributed by atoms with Crippen LogP contribution in [0.1, 0.15) is 22.0 Å². The second-order valence-corrected chi connectivity index (χ2v) is 6.21. The minimum atomic E-state index is -0.131. The normalized spacial score (nSPS) is 18.3. The number of nitrogens with one attached hydrogen (secondary N) is 1. The number of hydrogen-bond donors (Lipinski definition) is 1. The van der Waals surface area contributed by atoms with Gasteiger partial charge in [0.25, 0.3) is 5.91 Å². The molecule has 0 aromatic heterocycles. The van der Waals surface area contributed by atoms with E-state index in [4.69, 9.17) is 16.3 Å². The SMILES string of the molecule is O=C(NCCN1CCO[C@@H](c2ccccc2)C1)c1ccccc1Cl. The summed E-state index contributed by atoms with van der Waals surface area (Å²) in [6.07, 6.45) is 0.0965. The topological polar surface area (TPSA) is 41.6 Å². The van der Waals surface area contributed by atoms with Gasteiger partial charge in [-0.3, -0.25) is 9.69 Å². The van der Waals surface area contributed by atoms with E-state index in [1.54, 1.807) is 12.1 Å². The molecule has 126 valence electrons. The molecule has 0 unspecified atom stereocenters. The molecule has 3 rings (SSSR count). The number of rotatable bonds is 5. The average molecular weight is 345 g/mol. The summed E-state index contributed by atoms with van der Waals surface area (Å²) in [7, 11) is 0. The van der Waals surface area contributed by atoms with Crippen LogP contribution < -0.4 is 5.32 Å². The summed E-state index contributed by atoms with van der Waals surface area (Å²) in [6.45, 7) is 3.81. The van der Waals surface area contributed by atoms with E-state index in [2.05, 4.69) is 22.3 Å². The molecule has 5 heteroatoms. The van der Waals surface area contributed by atoms with Crippen LogP contribution in [0.4, 0.5) is 0 Å². The Bertz CT molecular complexity index is 678. The van der Waals surface area contributed by atoms with Crippen molar-refractivity contribution < 1.29 is 9.53 Å². The van der Waals surface area contributed by atoms with Gasteiger partial charge in [-0.2, -0.15) is 0 Å². The number of morpholine rings is 1. The Hall–Kier alpha value is -1.88. The predicted octanol–water partition coefficient (Wildman–Crippen LogP) is 3.14. The summed E-state index contributed by atoms with van der Waals surface area (Å²) in [5.74, 6) is -0.131. The molecule has 1 saturated heterocycles. The first-order chi connectivity index (χ1) is 11.7. The van der Waals surface area contributed by atoms with Gasteiger partial charge in [0.05, 0.1) is 23.3 Å². The van der Waals surface area contributed by atoms with Crippen LogP contribution >= 0.6 is 11.6 Å². The fraction of sp³-hybridized carbons (Fsp3) is 0.316. The molecule has 0 aliphatic carbocycles. The molecule has 24 heavy (non-hydrogen) atoms. The van der Waals surface area contributed by atoms with E-state index in [1.165, 1.54) is 5.56 Å². The van der Waals surface area contributed by atoms with Crippen LogP contribution in [0.5, 0.6) is 0 Å². The Morgan fingerprint density at radius 2 is 1.92 bits per heavy atom. The lowest BCUT2D eigenvalue weighted by Crippen LogP contribution is -2.42. The number of amides is 1. The van der Waals surface area contributed by atoms with Crippen LogP contribution in [-0.2, 0) is 4.74 Å². The minimum absolute atomic E-state index is 0.0965. The summed E-state index contributed by atoms with van der Waals surface area (Å²) >= 11 is 6.05. The summed E-state index contributed by atoms with van der Waals surface area (Å²) < 4.78 is 5.86. The third-order valence-electron chi connectivity index (χ3n) is 4.15. The molecule has 0 saturated carbocycles. The van der Waals surface area contributed by atoms with Gasteiger partial charge in [0.15, 0.2) is 0 Å². The maximum atomic E-state index is 12.2. The lowest BCUT2D eigenvalue weighted by molar-refractivity contribution is -0.0293. The maximum absolute atomic E-state index is 12.2. The standard InChI is InChI=1S/C19H21ClN2O2/c20-17-9-5-4-8-16(17)19(23)21-10-11-22-12-13-24-18(14-22)15-6-2-1-3-7-15/h1-9,18H,10-14H2,(H,21,23)/t18-/m1/s1. The van der Waals surface area contributed by atoms with Gasteiger partial charge in [-0.25, -0.2) is 0 Å². The molecule has 4 nitrogen and oxygen atoms in total. The van der Waals surface area contributed by atoms with Crippen molar-refractivity contribution >= 4 is 17.5 Å². The van der Waals surface area contributed by atoms with Crippen molar-refractivity contribution in [2.45, 2.75) is 6.10 Å². The third kappa shape index (κ3) is 4.35. The van der Waals surface area contributed by atoms with E-state index in [-0.39, 0.29) is 12.0 Å². The van der Waals surface area contributed by atoms with Gasteiger partial charge in [0, 0.05) is 26.2 Å². The quantitative estimate of drug-likeness (QED) is 0.906. The Balaban J connectivity index is 1.48. The van der Waals surface area contributed by atoms with E-state index < -0.39 is 0 Å². The highest BCUT2D eigenvalue weighted by molar-refractivity contribution is 6.33. The minimum Gasteiger partial charge on any atom is -0.371 e. The van der Waals surface area contributed by atoms with Crippen molar-refractivity contribution in [1.82, 2.24) is 10.2 Å². The molecule has 0 radical (unpaired) electrons. The van der Waals surface area contributed by atoms with Gasteiger partial charge in [0.1, 0.15) is 0 Å². The van der Waals surface area contributed by atoms with Crippen LogP contribution in [0.3, 0.4) is 0 Å². The highest BCUT2D eigenvalue weighted by Crippen LogP contribution is 2.21. The van der Waals surface area contributed by atoms with Gasteiger partial charge in [-0.05, 0) is 17.7 Å². The molecule has 1 amide bonds. The number of carbonyl (C=O) groups excluding carboxylic acids is 1. The van der Waals surface area contributed by atoms with E-state index in [0.717, 1.165) is 19.6 Å². The van der Waals surface area contributed by atoms with Crippen LogP contribution in [0.25, 0.3) is 0 Å². The van der Waals surface area contributed by atoms with Crippen LogP contribution in [-0.4, -0.2) is 43.6 Å². The van der Waals surface area contributed by atoms with Crippen molar-refractivity contribution in [3.63, 3.8) is 0 Å². The molecule has 0 bridgehead atoms. The number of halogens is 1. The van der Waals surface area contributed by atoms with Crippen LogP contribution in [0, 0.1) is 0 Å². The molecule has 1 fully saturated rings. The summed E-state index contributed by atoms with van der Waals surface area (Å²) in [5.41, 5.74) is 1.71. The number of nitrogens with zero attached hydrogens (tertiary/aromatic N) is 1. The zero-order chi connectivity index (χ0) is 16.8. The molecule has 1 aliphatic heterocycles. The number of carbonyl (C=O) groups is 1. The lowest BCUT2D eigenvalue weighted by Gasteiger charge is -2.33. The van der Waals surface area contributed by atoms with Crippen LogP contribution in [0.2, 0.25) is 5.02 Å². The molecule has 2 aromatic rings. The predicted molar refractivity (Wildman–Crippen MR) is 95.4 cm³/mol. The molecule has 1 N–H and O–H groups in total. The lowest BCUT2D eigenvalue weighted by atomic mass is 10.1. The molecule has 2 aromatic carbocycles. The number of benzene rings is 2. The molecule has 0 spiro atoms. The third-order valence-corrected chi connectivity index (χ3v) is 4.48. The van der Waals surface area contributed by atoms with E-state index >= 15 is 0 Å². The van der Waals surface area contributed by atoms with Gasteiger partial charge >= 0.3 is 0 Å². The highest BCUT2D eigenvalue weighted by Gasteiger charge is 2.21. The smallest absolute Gasteiger partial charge is 0.252 e. The molecule has 1 atom stereocenters. The van der Waals surface area contributed by atoms with Crippen molar-refractivity contribution in [2.24, 2.45) is 0 Å². The van der Waals surface area contributed by atoms with E-state index in [1.807, 2.05) is 30.3 Å². The Kier molecular flexibility index (Phi) is 5.86. The van der Waals surface area contributed by atoms with E-state index in [0.29, 0.717) is 23.7 Å². The maximum Gasteiger partial charge on any atom is 0.252 e. The molecular weight excluding hydrogens is 324 g/mol. The van der Waals surface area contributed by atoms with Crippen molar-refractivity contribution in [3.05, 3.63) is 70.7 Å². The monoisotopic (exact) mass is 344 g/mol. The first-order valence-corrected chi connectivity index (χ1v) is 8.53. The highest BCUT2D eigenvalue weighted by atomic mass is 35.5. The first kappa shape index (κ1) is 17.0. The van der Waals surface area contributed by atoms with Gasteiger partial charge in [-0.15, -0.1) is 0 Å². The summed E-state index contributed by atoms with van der Waals surface area (Å²) in [5, 5.41) is 3.41. The van der Waals surface area contributed by atoms with E-state index in [9.17, 15) is 4.79 Å². The molecule has 1 heterocycles. The van der Waals surface area contributed by atoms with Gasteiger partial charge in [-0.1, -0.05) is 54.1 Å². The Labute approximate surface area is 147 Å². The first-order valence-electron chi connectivity index (χ1n) is 8.15. The van der Waals surface area contributed by atoms with Crippen molar-refractivity contribution in [2.75, 3.05) is 32.8 Å². The second-order valence-electron chi connectivity index (χ2n) is 5.81. The molecule has 1 aliphatic rings. The van der Waals surface area contributed by atoms with Crippen LogP contribution in [0.15, 0.2) is 54.6 Å². The fourth-order valence-electron chi connectivity index (χ4n) is 2.84. The number of hydrogen-bond acceptors (Lipinski definition) is 3. The summed E-state index contributed by atoms with van der Waals surface area (Å²) in [6, 6.07) is 17.3. The molecular formula is C19H21ClN2O2. The van der Waals surface area contributed by atoms with Gasteiger partial charge < -0.3 is 10.1 Å². The fourth-order valence-corrected chi connectivity index (χ4v) is 3.06. The van der Waals surface area contributed by atoms with Crippen molar-refractivity contribution in [1.29, 1.82) is 0 Å². The number of ether oxygens (including phenoxy) is 1. The average Bonchev–Trinajstić information content (AvgIpc) is 2.63. The largest absolute Gasteiger partial charge is 0.371 e.